The zero-order chi connectivity index (χ0) is 12.1. The molecule has 0 amide bonds. The van der Waals surface area contributed by atoms with Gasteiger partial charge in [-0.2, -0.15) is 0 Å². The monoisotopic (exact) mass is 222 g/mol. The molecule has 0 saturated carbocycles. The zero-order valence-corrected chi connectivity index (χ0v) is 10.9. The molecule has 0 unspecified atom stereocenters. The minimum absolute atomic E-state index is 0.469. The molecule has 1 aromatic heterocycles. The maximum atomic E-state index is 5.42. The van der Waals surface area contributed by atoms with Gasteiger partial charge < -0.3 is 9.64 Å². The van der Waals surface area contributed by atoms with Crippen molar-refractivity contribution in [3.8, 4) is 5.88 Å². The first-order valence-corrected chi connectivity index (χ1v) is 5.93. The lowest BCUT2D eigenvalue weighted by Gasteiger charge is -2.33. The van der Waals surface area contributed by atoms with Gasteiger partial charge in [-0.25, -0.2) is 4.98 Å². The Morgan fingerprint density at radius 2 is 1.88 bits per heavy atom. The number of aromatic nitrogens is 1. The fourth-order valence-electron chi connectivity index (χ4n) is 1.98. The van der Waals surface area contributed by atoms with Crippen molar-refractivity contribution in [2.45, 2.75) is 46.7 Å². The van der Waals surface area contributed by atoms with Crippen LogP contribution in [0.3, 0.4) is 0 Å². The van der Waals surface area contributed by atoms with Gasteiger partial charge in [-0.3, -0.25) is 0 Å². The third-order valence-corrected chi connectivity index (χ3v) is 2.42. The van der Waals surface area contributed by atoms with Crippen molar-refractivity contribution >= 4 is 5.69 Å². The van der Waals surface area contributed by atoms with E-state index in [2.05, 4.69) is 37.6 Å². The van der Waals surface area contributed by atoms with Crippen molar-refractivity contribution in [2.24, 2.45) is 0 Å². The Hall–Kier alpha value is -1.25. The van der Waals surface area contributed by atoms with E-state index in [1.165, 1.54) is 5.69 Å². The third kappa shape index (κ3) is 3.12. The maximum Gasteiger partial charge on any atom is 0.215 e. The highest BCUT2D eigenvalue weighted by Crippen LogP contribution is 2.22. The summed E-state index contributed by atoms with van der Waals surface area (Å²) in [5.74, 6) is 0.700. The fraction of sp³-hybridized carbons (Fsp3) is 0.615. The van der Waals surface area contributed by atoms with Crippen molar-refractivity contribution in [3.63, 3.8) is 0 Å². The summed E-state index contributed by atoms with van der Waals surface area (Å²) in [4.78, 5) is 6.53. The molecule has 1 aromatic rings. The van der Waals surface area contributed by atoms with Crippen LogP contribution in [-0.2, 0) is 0 Å². The number of anilines is 1. The summed E-state index contributed by atoms with van der Waals surface area (Å²) in [7, 11) is 0. The molecular formula is C13H22N2O. The van der Waals surface area contributed by atoms with Gasteiger partial charge in [-0.05, 0) is 40.7 Å². The lowest BCUT2D eigenvalue weighted by atomic mass is 10.2. The number of nitrogens with zero attached hydrogens (tertiary/aromatic N) is 2. The van der Waals surface area contributed by atoms with Crippen LogP contribution in [0.5, 0.6) is 5.88 Å². The van der Waals surface area contributed by atoms with Crippen molar-refractivity contribution in [1.29, 1.82) is 0 Å². The summed E-state index contributed by atoms with van der Waals surface area (Å²) in [6.07, 6.45) is 1.80. The summed E-state index contributed by atoms with van der Waals surface area (Å²) in [6.45, 7) is 11.4. The molecule has 1 heterocycles. The fourth-order valence-corrected chi connectivity index (χ4v) is 1.98. The van der Waals surface area contributed by atoms with Gasteiger partial charge in [0.2, 0.25) is 5.88 Å². The molecule has 3 nitrogen and oxygen atoms in total. The Morgan fingerprint density at radius 1 is 1.25 bits per heavy atom. The first kappa shape index (κ1) is 12.8. The second-order valence-corrected chi connectivity index (χ2v) is 4.38. The predicted molar refractivity (Wildman–Crippen MR) is 68.2 cm³/mol. The second-order valence-electron chi connectivity index (χ2n) is 4.38. The Morgan fingerprint density at radius 3 is 2.38 bits per heavy atom. The van der Waals surface area contributed by atoms with Gasteiger partial charge in [0.25, 0.3) is 0 Å². The predicted octanol–water partition coefficient (Wildman–Crippen LogP) is 3.10. The van der Waals surface area contributed by atoms with Gasteiger partial charge in [0.05, 0.1) is 6.61 Å². The molecule has 0 spiro atoms. The molecule has 0 N–H and O–H groups in total. The molecule has 0 bridgehead atoms. The molecule has 16 heavy (non-hydrogen) atoms. The van der Waals surface area contributed by atoms with Crippen LogP contribution in [0.4, 0.5) is 5.69 Å². The molecule has 90 valence electrons. The van der Waals surface area contributed by atoms with E-state index in [0.717, 1.165) is 0 Å². The smallest absolute Gasteiger partial charge is 0.215 e. The van der Waals surface area contributed by atoms with E-state index in [4.69, 9.17) is 4.74 Å². The van der Waals surface area contributed by atoms with E-state index >= 15 is 0 Å². The first-order chi connectivity index (χ1) is 7.56. The van der Waals surface area contributed by atoms with Gasteiger partial charge in [0, 0.05) is 30.0 Å². The molecule has 0 aliphatic carbocycles. The Balaban J connectivity index is 2.95. The molecule has 3 heteroatoms. The van der Waals surface area contributed by atoms with Crippen LogP contribution < -0.4 is 9.64 Å². The standard InChI is InChI=1S/C13H22N2O/c1-6-16-13-9-12(7-8-14-13)15(10(2)3)11(4)5/h7-11H,6H2,1-5H3. The van der Waals surface area contributed by atoms with Crippen molar-refractivity contribution in [3.05, 3.63) is 18.3 Å². The van der Waals surface area contributed by atoms with E-state index in [0.29, 0.717) is 24.6 Å². The van der Waals surface area contributed by atoms with E-state index < -0.39 is 0 Å². The van der Waals surface area contributed by atoms with Gasteiger partial charge in [-0.15, -0.1) is 0 Å². The van der Waals surface area contributed by atoms with Crippen LogP contribution in [-0.4, -0.2) is 23.7 Å². The SMILES string of the molecule is CCOc1cc(N(C(C)C)C(C)C)ccn1. The van der Waals surface area contributed by atoms with Crippen LogP contribution in [0.1, 0.15) is 34.6 Å². The number of ether oxygens (including phenoxy) is 1. The normalized spacial score (nSPS) is 10.9. The topological polar surface area (TPSA) is 25.4 Å². The molecule has 0 fully saturated rings. The Kier molecular flexibility index (Phi) is 4.59. The minimum Gasteiger partial charge on any atom is -0.478 e. The van der Waals surface area contributed by atoms with E-state index in [1.807, 2.05) is 19.1 Å². The summed E-state index contributed by atoms with van der Waals surface area (Å²) in [5, 5.41) is 0. The van der Waals surface area contributed by atoms with Crippen LogP contribution in [0.2, 0.25) is 0 Å². The van der Waals surface area contributed by atoms with Crippen LogP contribution in [0, 0.1) is 0 Å². The first-order valence-electron chi connectivity index (χ1n) is 5.93. The number of rotatable bonds is 5. The molecule has 0 aromatic carbocycles. The molecular weight excluding hydrogens is 200 g/mol. The lowest BCUT2D eigenvalue weighted by Crippen LogP contribution is -2.36. The molecule has 0 aliphatic heterocycles. The van der Waals surface area contributed by atoms with Crippen LogP contribution in [0.15, 0.2) is 18.3 Å². The average Bonchev–Trinajstić information content (AvgIpc) is 2.17. The number of hydrogen-bond acceptors (Lipinski definition) is 3. The molecule has 0 atom stereocenters. The quantitative estimate of drug-likeness (QED) is 0.765. The molecule has 0 aliphatic rings. The van der Waals surface area contributed by atoms with Crippen molar-refractivity contribution in [1.82, 2.24) is 4.98 Å². The summed E-state index contributed by atoms with van der Waals surface area (Å²) in [6, 6.07) is 4.97. The summed E-state index contributed by atoms with van der Waals surface area (Å²) >= 11 is 0. The van der Waals surface area contributed by atoms with Gasteiger partial charge in [-0.1, -0.05) is 0 Å². The maximum absolute atomic E-state index is 5.42. The highest BCUT2D eigenvalue weighted by molar-refractivity contribution is 5.49. The highest BCUT2D eigenvalue weighted by atomic mass is 16.5. The number of hydrogen-bond donors (Lipinski definition) is 0. The summed E-state index contributed by atoms with van der Waals surface area (Å²) < 4.78 is 5.42. The third-order valence-electron chi connectivity index (χ3n) is 2.42. The van der Waals surface area contributed by atoms with E-state index in [1.54, 1.807) is 6.20 Å². The molecule has 0 radical (unpaired) electrons. The Labute approximate surface area is 98.4 Å². The van der Waals surface area contributed by atoms with Crippen molar-refractivity contribution in [2.75, 3.05) is 11.5 Å². The van der Waals surface area contributed by atoms with Gasteiger partial charge in [0.15, 0.2) is 0 Å². The number of pyridine rings is 1. The second kappa shape index (κ2) is 5.73. The van der Waals surface area contributed by atoms with E-state index in [-0.39, 0.29) is 0 Å². The average molecular weight is 222 g/mol. The zero-order valence-electron chi connectivity index (χ0n) is 10.9. The van der Waals surface area contributed by atoms with Crippen LogP contribution in [0.25, 0.3) is 0 Å². The van der Waals surface area contributed by atoms with Crippen molar-refractivity contribution < 1.29 is 4.74 Å². The minimum atomic E-state index is 0.469. The molecule has 1 rings (SSSR count). The highest BCUT2D eigenvalue weighted by Gasteiger charge is 2.14. The van der Waals surface area contributed by atoms with E-state index in [9.17, 15) is 0 Å². The lowest BCUT2D eigenvalue weighted by molar-refractivity contribution is 0.327. The van der Waals surface area contributed by atoms with Gasteiger partial charge >= 0.3 is 0 Å². The van der Waals surface area contributed by atoms with Crippen LogP contribution >= 0.6 is 0 Å². The summed E-state index contributed by atoms with van der Waals surface area (Å²) in [5.41, 5.74) is 1.17. The largest absolute Gasteiger partial charge is 0.478 e. The molecule has 0 saturated heterocycles. The van der Waals surface area contributed by atoms with Gasteiger partial charge in [0.1, 0.15) is 0 Å². The Bertz CT molecular complexity index is 315.